The van der Waals surface area contributed by atoms with Crippen molar-refractivity contribution in [3.8, 4) is 0 Å². The quantitative estimate of drug-likeness (QED) is 0.729. The second kappa shape index (κ2) is 2.98. The Labute approximate surface area is 79.7 Å². The molecule has 1 aromatic carbocycles. The van der Waals surface area contributed by atoms with Crippen LogP contribution in [0.3, 0.4) is 0 Å². The summed E-state index contributed by atoms with van der Waals surface area (Å²) in [7, 11) is 0. The molecular weight excluding hydrogens is 191 g/mol. The summed E-state index contributed by atoms with van der Waals surface area (Å²) in [6.07, 6.45) is 1.77. The van der Waals surface area contributed by atoms with E-state index in [0.717, 1.165) is 18.9 Å². The highest BCUT2D eigenvalue weighted by atomic mass is 19.2. The van der Waals surface area contributed by atoms with Crippen LogP contribution < -0.4 is 5.73 Å². The van der Waals surface area contributed by atoms with Crippen molar-refractivity contribution < 1.29 is 13.2 Å². The maximum Gasteiger partial charge on any atom is 0.162 e. The maximum atomic E-state index is 13.1. The van der Waals surface area contributed by atoms with Gasteiger partial charge in [0.2, 0.25) is 0 Å². The van der Waals surface area contributed by atoms with Gasteiger partial charge in [-0.05, 0) is 30.9 Å². The summed E-state index contributed by atoms with van der Waals surface area (Å²) in [5.41, 5.74) is 5.32. The van der Waals surface area contributed by atoms with Crippen LogP contribution in [0.15, 0.2) is 12.1 Å². The van der Waals surface area contributed by atoms with E-state index in [2.05, 4.69) is 0 Å². The number of hydrogen-bond acceptors (Lipinski definition) is 1. The van der Waals surface area contributed by atoms with Gasteiger partial charge in [0.05, 0.1) is 0 Å². The Morgan fingerprint density at radius 1 is 1.21 bits per heavy atom. The Morgan fingerprint density at radius 3 is 2.43 bits per heavy atom. The van der Waals surface area contributed by atoms with Gasteiger partial charge in [-0.2, -0.15) is 0 Å². The van der Waals surface area contributed by atoms with E-state index in [-0.39, 0.29) is 12.0 Å². The summed E-state index contributed by atoms with van der Waals surface area (Å²) >= 11 is 0. The van der Waals surface area contributed by atoms with Crippen LogP contribution >= 0.6 is 0 Å². The molecule has 2 N–H and O–H groups in total. The lowest BCUT2D eigenvalue weighted by molar-refractivity contribution is 0.478. The van der Waals surface area contributed by atoms with Gasteiger partial charge in [0.1, 0.15) is 5.82 Å². The third-order valence-electron chi connectivity index (χ3n) is 2.50. The predicted octanol–water partition coefficient (Wildman–Crippen LogP) is 2.14. The molecule has 0 heterocycles. The molecule has 1 aliphatic carbocycles. The zero-order valence-corrected chi connectivity index (χ0v) is 7.49. The third-order valence-corrected chi connectivity index (χ3v) is 2.50. The van der Waals surface area contributed by atoms with Crippen LogP contribution in [0.1, 0.15) is 18.4 Å². The molecule has 0 radical (unpaired) electrons. The average Bonchev–Trinajstić information content (AvgIpc) is 2.79. The number of hydrogen-bond donors (Lipinski definition) is 1. The fourth-order valence-electron chi connectivity index (χ4n) is 1.45. The van der Waals surface area contributed by atoms with Gasteiger partial charge in [0.25, 0.3) is 0 Å². The molecular formula is C10H10F3N. The molecule has 0 bridgehead atoms. The topological polar surface area (TPSA) is 26.0 Å². The van der Waals surface area contributed by atoms with E-state index in [1.807, 2.05) is 0 Å². The van der Waals surface area contributed by atoms with Crippen LogP contribution in [0, 0.1) is 17.5 Å². The van der Waals surface area contributed by atoms with Gasteiger partial charge in [0, 0.05) is 11.6 Å². The van der Waals surface area contributed by atoms with Gasteiger partial charge in [0.15, 0.2) is 11.6 Å². The van der Waals surface area contributed by atoms with Crippen LogP contribution in [0.2, 0.25) is 0 Å². The van der Waals surface area contributed by atoms with Gasteiger partial charge < -0.3 is 5.73 Å². The van der Waals surface area contributed by atoms with Gasteiger partial charge in [-0.1, -0.05) is 0 Å². The highest BCUT2D eigenvalue weighted by Crippen LogP contribution is 2.36. The van der Waals surface area contributed by atoms with E-state index < -0.39 is 23.0 Å². The molecule has 1 saturated carbocycles. The minimum Gasteiger partial charge on any atom is -0.325 e. The van der Waals surface area contributed by atoms with Crippen molar-refractivity contribution in [2.75, 3.05) is 0 Å². The zero-order valence-electron chi connectivity index (χ0n) is 7.49. The number of nitrogens with two attached hydrogens (primary N) is 1. The highest BCUT2D eigenvalue weighted by molar-refractivity contribution is 5.24. The third kappa shape index (κ3) is 1.75. The largest absolute Gasteiger partial charge is 0.325 e. The van der Waals surface area contributed by atoms with E-state index in [1.54, 1.807) is 0 Å². The van der Waals surface area contributed by atoms with E-state index in [4.69, 9.17) is 5.73 Å². The van der Waals surface area contributed by atoms with Crippen LogP contribution in [0.25, 0.3) is 0 Å². The Bertz CT molecular complexity index is 372. The van der Waals surface area contributed by atoms with Gasteiger partial charge in [-0.3, -0.25) is 0 Å². The molecule has 0 atom stereocenters. The lowest BCUT2D eigenvalue weighted by Crippen LogP contribution is -2.25. The summed E-state index contributed by atoms with van der Waals surface area (Å²) < 4.78 is 38.7. The number of halogens is 3. The summed E-state index contributed by atoms with van der Waals surface area (Å²) in [6.45, 7) is 0. The summed E-state index contributed by atoms with van der Waals surface area (Å²) in [4.78, 5) is 0. The van der Waals surface area contributed by atoms with E-state index in [0.29, 0.717) is 6.07 Å². The Morgan fingerprint density at radius 2 is 1.86 bits per heavy atom. The van der Waals surface area contributed by atoms with Crippen molar-refractivity contribution in [1.29, 1.82) is 0 Å². The first-order valence-corrected chi connectivity index (χ1v) is 4.42. The average molecular weight is 201 g/mol. The lowest BCUT2D eigenvalue weighted by atomic mass is 10.0. The molecule has 4 heteroatoms. The monoisotopic (exact) mass is 201 g/mol. The normalized spacial score (nSPS) is 18.3. The van der Waals surface area contributed by atoms with E-state index >= 15 is 0 Å². The first-order chi connectivity index (χ1) is 6.50. The minimum absolute atomic E-state index is 0.0301. The summed E-state index contributed by atoms with van der Waals surface area (Å²) in [5, 5.41) is 0. The lowest BCUT2D eigenvalue weighted by Gasteiger charge is -2.09. The number of benzene rings is 1. The smallest absolute Gasteiger partial charge is 0.162 e. The van der Waals surface area contributed by atoms with Crippen molar-refractivity contribution in [2.24, 2.45) is 5.73 Å². The van der Waals surface area contributed by atoms with Crippen LogP contribution in [0.4, 0.5) is 13.2 Å². The Hall–Kier alpha value is -1.03. The van der Waals surface area contributed by atoms with Crippen molar-refractivity contribution in [1.82, 2.24) is 0 Å². The van der Waals surface area contributed by atoms with Crippen LogP contribution in [-0.2, 0) is 6.42 Å². The molecule has 1 aromatic rings. The standard InChI is InChI=1S/C10H10F3N/c11-7-3-6(5-10(14)1-2-10)9(13)8(12)4-7/h3-4H,1-2,5,14H2. The van der Waals surface area contributed by atoms with E-state index in [1.165, 1.54) is 0 Å². The first kappa shape index (κ1) is 9.52. The van der Waals surface area contributed by atoms with Gasteiger partial charge in [-0.25, -0.2) is 13.2 Å². The second-order valence-electron chi connectivity index (χ2n) is 3.90. The molecule has 1 fully saturated rings. The summed E-state index contributed by atoms with van der Waals surface area (Å²) in [6, 6.07) is 1.54. The van der Waals surface area contributed by atoms with Crippen molar-refractivity contribution in [3.05, 3.63) is 35.1 Å². The van der Waals surface area contributed by atoms with E-state index in [9.17, 15) is 13.2 Å². The zero-order chi connectivity index (χ0) is 10.3. The molecule has 1 nitrogen and oxygen atoms in total. The van der Waals surface area contributed by atoms with Crippen molar-refractivity contribution in [2.45, 2.75) is 24.8 Å². The molecule has 76 valence electrons. The summed E-state index contributed by atoms with van der Waals surface area (Å²) in [5.74, 6) is -2.89. The Balaban J connectivity index is 2.32. The second-order valence-corrected chi connectivity index (χ2v) is 3.90. The van der Waals surface area contributed by atoms with Crippen LogP contribution in [-0.4, -0.2) is 5.54 Å². The molecule has 0 aromatic heterocycles. The fraction of sp³-hybridized carbons (Fsp3) is 0.400. The van der Waals surface area contributed by atoms with Gasteiger partial charge in [-0.15, -0.1) is 0 Å². The molecule has 14 heavy (non-hydrogen) atoms. The molecule has 0 unspecified atom stereocenters. The minimum atomic E-state index is -1.15. The first-order valence-electron chi connectivity index (χ1n) is 4.42. The number of rotatable bonds is 2. The Kier molecular flexibility index (Phi) is 2.03. The molecule has 2 rings (SSSR count). The predicted molar refractivity (Wildman–Crippen MR) is 46.2 cm³/mol. The van der Waals surface area contributed by atoms with Crippen molar-refractivity contribution >= 4 is 0 Å². The molecule has 0 aliphatic heterocycles. The molecule has 1 aliphatic rings. The maximum absolute atomic E-state index is 13.1. The SMILES string of the molecule is NC1(Cc2cc(F)cc(F)c2F)CC1. The van der Waals surface area contributed by atoms with Crippen LogP contribution in [0.5, 0.6) is 0 Å². The highest BCUT2D eigenvalue weighted by Gasteiger charge is 2.39. The van der Waals surface area contributed by atoms with Gasteiger partial charge >= 0.3 is 0 Å². The molecule has 0 amide bonds. The molecule has 0 saturated heterocycles. The van der Waals surface area contributed by atoms with Crippen molar-refractivity contribution in [3.63, 3.8) is 0 Å². The molecule has 0 spiro atoms. The fourth-order valence-corrected chi connectivity index (χ4v) is 1.45.